The Hall–Kier alpha value is -1.81. The average molecular weight is 437 g/mol. The summed E-state index contributed by atoms with van der Waals surface area (Å²) in [7, 11) is 1.85. The van der Waals surface area contributed by atoms with Gasteiger partial charge in [0.2, 0.25) is 5.91 Å². The Morgan fingerprint density at radius 1 is 1.03 bits per heavy atom. The molecule has 10 heteroatoms. The van der Waals surface area contributed by atoms with Crippen LogP contribution in [0.5, 0.6) is 0 Å². The first-order chi connectivity index (χ1) is 13.9. The van der Waals surface area contributed by atoms with E-state index in [1.54, 1.807) is 6.07 Å². The molecule has 0 aliphatic carbocycles. The van der Waals surface area contributed by atoms with Gasteiger partial charge in [-0.25, -0.2) is 0 Å². The molecule has 0 unspecified atom stereocenters. The van der Waals surface area contributed by atoms with Crippen molar-refractivity contribution in [3.8, 4) is 0 Å². The number of alkyl halides is 6. The molecule has 0 N–H and O–H groups in total. The second-order valence-corrected chi connectivity index (χ2v) is 8.06. The molecule has 0 spiro atoms. The third-order valence-corrected chi connectivity index (χ3v) is 5.89. The van der Waals surface area contributed by atoms with Crippen LogP contribution in [-0.2, 0) is 17.5 Å². The highest BCUT2D eigenvalue weighted by atomic mass is 19.4. The normalized spacial score (nSPS) is 22.3. The number of likely N-dealkylation sites (tertiary alicyclic amines) is 2. The van der Waals surface area contributed by atoms with Crippen molar-refractivity contribution in [3.63, 3.8) is 0 Å². The van der Waals surface area contributed by atoms with Gasteiger partial charge in [-0.3, -0.25) is 14.6 Å². The molecule has 2 heterocycles. The molecule has 2 saturated heterocycles. The van der Waals surface area contributed by atoms with Crippen molar-refractivity contribution < 1.29 is 31.1 Å². The number of rotatable bonds is 5. The summed E-state index contributed by atoms with van der Waals surface area (Å²) in [4.78, 5) is 17.1. The number of nitrogens with zero attached hydrogens (tertiary/aromatic N) is 3. The first kappa shape index (κ1) is 22.9. The van der Waals surface area contributed by atoms with Crippen LogP contribution in [0.15, 0.2) is 24.3 Å². The number of carbonyl (C=O) groups is 1. The van der Waals surface area contributed by atoms with Crippen LogP contribution in [0.1, 0.15) is 30.4 Å². The highest BCUT2D eigenvalue weighted by molar-refractivity contribution is 5.84. The predicted octanol–water partition coefficient (Wildman–Crippen LogP) is 3.76. The van der Waals surface area contributed by atoms with Crippen LogP contribution >= 0.6 is 0 Å². The maximum atomic E-state index is 12.9. The van der Waals surface area contributed by atoms with Gasteiger partial charge in [-0.1, -0.05) is 18.2 Å². The summed E-state index contributed by atoms with van der Waals surface area (Å²) in [5.74, 6) is -0.469. The van der Waals surface area contributed by atoms with E-state index in [9.17, 15) is 31.1 Å². The van der Waals surface area contributed by atoms with Crippen LogP contribution in [0, 0.1) is 0 Å². The number of halogens is 6. The lowest BCUT2D eigenvalue weighted by Crippen LogP contribution is -2.50. The molecule has 30 heavy (non-hydrogen) atoms. The minimum absolute atomic E-state index is 0.110. The van der Waals surface area contributed by atoms with Gasteiger partial charge < -0.3 is 4.90 Å². The van der Waals surface area contributed by atoms with E-state index in [0.29, 0.717) is 44.5 Å². The first-order valence-corrected chi connectivity index (χ1v) is 9.90. The van der Waals surface area contributed by atoms with Crippen LogP contribution < -0.4 is 0 Å². The van der Waals surface area contributed by atoms with E-state index in [1.807, 2.05) is 16.8 Å². The molecule has 0 aromatic heterocycles. The molecular formula is C20H25F6N3O. The van der Waals surface area contributed by atoms with Crippen molar-refractivity contribution >= 4 is 5.91 Å². The predicted molar refractivity (Wildman–Crippen MR) is 98.5 cm³/mol. The SMILES string of the molecule is CN(Cc1cccc(C(F)(F)F)c1)C1CCN([C@H]2CCN(CC(F)(F)F)C2=O)CC1. The molecule has 1 amide bonds. The van der Waals surface area contributed by atoms with Crippen LogP contribution in [0.25, 0.3) is 0 Å². The second-order valence-electron chi connectivity index (χ2n) is 8.06. The highest BCUT2D eigenvalue weighted by Crippen LogP contribution is 2.30. The van der Waals surface area contributed by atoms with Crippen molar-refractivity contribution in [3.05, 3.63) is 35.4 Å². The number of amides is 1. The van der Waals surface area contributed by atoms with E-state index >= 15 is 0 Å². The lowest BCUT2D eigenvalue weighted by Gasteiger charge is -2.38. The lowest BCUT2D eigenvalue weighted by atomic mass is 10.0. The summed E-state index contributed by atoms with van der Waals surface area (Å²) in [6.07, 6.45) is -6.98. The summed E-state index contributed by atoms with van der Waals surface area (Å²) < 4.78 is 76.4. The van der Waals surface area contributed by atoms with Crippen LogP contribution in [0.4, 0.5) is 26.3 Å². The zero-order chi connectivity index (χ0) is 22.1. The minimum atomic E-state index is -4.40. The van der Waals surface area contributed by atoms with E-state index in [2.05, 4.69) is 0 Å². The Kier molecular flexibility index (Phi) is 6.66. The topological polar surface area (TPSA) is 26.8 Å². The number of piperidine rings is 1. The fourth-order valence-electron chi connectivity index (χ4n) is 4.34. The van der Waals surface area contributed by atoms with Gasteiger partial charge >= 0.3 is 12.4 Å². The Morgan fingerprint density at radius 3 is 2.30 bits per heavy atom. The van der Waals surface area contributed by atoms with Gasteiger partial charge in [0.1, 0.15) is 6.54 Å². The van der Waals surface area contributed by atoms with Crippen molar-refractivity contribution in [1.29, 1.82) is 0 Å². The molecule has 1 aromatic carbocycles. The summed E-state index contributed by atoms with van der Waals surface area (Å²) in [5.41, 5.74) is -0.102. The number of carbonyl (C=O) groups excluding carboxylic acids is 1. The largest absolute Gasteiger partial charge is 0.416 e. The van der Waals surface area contributed by atoms with Crippen LogP contribution in [0.3, 0.4) is 0 Å². The van der Waals surface area contributed by atoms with Crippen molar-refractivity contribution in [2.24, 2.45) is 0 Å². The molecule has 0 radical (unpaired) electrons. The molecule has 0 bridgehead atoms. The van der Waals surface area contributed by atoms with Gasteiger partial charge in [0.25, 0.3) is 0 Å². The average Bonchev–Trinajstić information content (AvgIpc) is 3.00. The molecule has 3 rings (SSSR count). The van der Waals surface area contributed by atoms with Gasteiger partial charge in [-0.15, -0.1) is 0 Å². The Bertz CT molecular complexity index is 743. The quantitative estimate of drug-likeness (QED) is 0.657. The summed E-state index contributed by atoms with van der Waals surface area (Å²) in [6, 6.07) is 4.88. The van der Waals surface area contributed by atoms with E-state index in [1.165, 1.54) is 6.07 Å². The van der Waals surface area contributed by atoms with Crippen LogP contribution in [-0.4, -0.2) is 72.1 Å². The molecule has 1 atom stereocenters. The van der Waals surface area contributed by atoms with Gasteiger partial charge in [-0.2, -0.15) is 26.3 Å². The molecule has 168 valence electrons. The standard InChI is InChI=1S/C20H25F6N3O/c1-27(12-14-3-2-4-15(11-14)20(24,25)26)16-5-8-28(9-6-16)17-7-10-29(18(17)30)13-19(21,22)23/h2-4,11,16-17H,5-10,12-13H2,1H3/t17-/m0/s1. The number of hydrogen-bond donors (Lipinski definition) is 0. The number of benzene rings is 1. The Balaban J connectivity index is 1.51. The second kappa shape index (κ2) is 8.74. The summed E-state index contributed by atoms with van der Waals surface area (Å²) in [5, 5.41) is 0. The molecule has 2 aliphatic rings. The molecular weight excluding hydrogens is 412 g/mol. The summed E-state index contributed by atoms with van der Waals surface area (Å²) in [6.45, 7) is 0.426. The molecule has 2 aliphatic heterocycles. The maximum absolute atomic E-state index is 12.9. The van der Waals surface area contributed by atoms with E-state index in [4.69, 9.17) is 0 Å². The van der Waals surface area contributed by atoms with Gasteiger partial charge in [0.05, 0.1) is 11.6 Å². The van der Waals surface area contributed by atoms with Crippen LogP contribution in [0.2, 0.25) is 0 Å². The minimum Gasteiger partial charge on any atom is -0.332 e. The lowest BCUT2D eigenvalue weighted by molar-refractivity contribution is -0.159. The molecule has 2 fully saturated rings. The fraction of sp³-hybridized carbons (Fsp3) is 0.650. The Labute approximate surface area is 171 Å². The van der Waals surface area contributed by atoms with Gasteiger partial charge in [-0.05, 0) is 37.9 Å². The summed E-state index contributed by atoms with van der Waals surface area (Å²) >= 11 is 0. The van der Waals surface area contributed by atoms with Gasteiger partial charge in [0, 0.05) is 32.2 Å². The van der Waals surface area contributed by atoms with Crippen molar-refractivity contribution in [1.82, 2.24) is 14.7 Å². The van der Waals surface area contributed by atoms with E-state index in [0.717, 1.165) is 17.0 Å². The number of hydrogen-bond acceptors (Lipinski definition) is 3. The third kappa shape index (κ3) is 5.66. The monoisotopic (exact) mass is 437 g/mol. The smallest absolute Gasteiger partial charge is 0.332 e. The maximum Gasteiger partial charge on any atom is 0.416 e. The zero-order valence-electron chi connectivity index (χ0n) is 16.6. The third-order valence-electron chi connectivity index (χ3n) is 5.89. The molecule has 4 nitrogen and oxygen atoms in total. The molecule has 0 saturated carbocycles. The molecule has 1 aromatic rings. The highest BCUT2D eigenvalue weighted by Gasteiger charge is 2.42. The van der Waals surface area contributed by atoms with Crippen molar-refractivity contribution in [2.45, 2.75) is 50.2 Å². The Morgan fingerprint density at radius 2 is 1.70 bits per heavy atom. The van der Waals surface area contributed by atoms with Crippen molar-refractivity contribution in [2.75, 3.05) is 33.2 Å². The zero-order valence-corrected chi connectivity index (χ0v) is 16.6. The van der Waals surface area contributed by atoms with E-state index in [-0.39, 0.29) is 12.6 Å². The fourth-order valence-corrected chi connectivity index (χ4v) is 4.34. The van der Waals surface area contributed by atoms with E-state index < -0.39 is 36.4 Å². The van der Waals surface area contributed by atoms with Gasteiger partial charge in [0.15, 0.2) is 0 Å². The first-order valence-electron chi connectivity index (χ1n) is 9.90.